The van der Waals surface area contributed by atoms with Crippen molar-refractivity contribution in [2.75, 3.05) is 26.2 Å². The Morgan fingerprint density at radius 2 is 2.10 bits per heavy atom. The van der Waals surface area contributed by atoms with Crippen molar-refractivity contribution >= 4 is 28.8 Å². The molecule has 2 aromatic rings. The maximum absolute atomic E-state index is 12.1. The van der Waals surface area contributed by atoms with Crippen LogP contribution in [0.25, 0.3) is 0 Å². The number of hydrogen-bond donors (Lipinski definition) is 0. The molecular weight excluding hydrogens is 310 g/mol. The van der Waals surface area contributed by atoms with Gasteiger partial charge in [0.05, 0.1) is 4.34 Å². The summed E-state index contributed by atoms with van der Waals surface area (Å²) < 4.78 is 2.38. The van der Waals surface area contributed by atoms with E-state index in [2.05, 4.69) is 21.0 Å². The average molecular weight is 326 g/mol. The summed E-state index contributed by atoms with van der Waals surface area (Å²) in [5, 5.41) is 3.96. The highest BCUT2D eigenvalue weighted by molar-refractivity contribution is 7.16. The Morgan fingerprint density at radius 1 is 1.29 bits per heavy atom. The van der Waals surface area contributed by atoms with Gasteiger partial charge in [0.15, 0.2) is 0 Å². The molecule has 1 saturated heterocycles. The molecule has 0 atom stereocenters. The third kappa shape index (κ3) is 3.81. The number of halogens is 1. The molecule has 0 saturated carbocycles. The van der Waals surface area contributed by atoms with Gasteiger partial charge in [0.2, 0.25) is 5.91 Å². The maximum Gasteiger partial charge on any atom is 0.244 e. The molecule has 3 rings (SSSR count). The molecule has 6 nitrogen and oxygen atoms in total. The Bertz CT molecular complexity index is 591. The summed E-state index contributed by atoms with van der Waals surface area (Å²) in [5.74, 6) is 0.0966. The number of aromatic nitrogens is 3. The molecular formula is C13H16ClN5OS. The number of nitrogens with zero attached hydrogens (tertiary/aromatic N) is 5. The van der Waals surface area contributed by atoms with E-state index in [0.717, 1.165) is 37.1 Å². The predicted octanol–water partition coefficient (Wildman–Crippen LogP) is 1.34. The Morgan fingerprint density at radius 3 is 2.71 bits per heavy atom. The van der Waals surface area contributed by atoms with Gasteiger partial charge in [-0.1, -0.05) is 11.6 Å². The second-order valence-corrected chi connectivity index (χ2v) is 6.76. The van der Waals surface area contributed by atoms with Crippen molar-refractivity contribution in [1.82, 2.24) is 24.6 Å². The van der Waals surface area contributed by atoms with Crippen LogP contribution in [0.5, 0.6) is 0 Å². The Kier molecular flexibility index (Phi) is 4.52. The second-order valence-electron chi connectivity index (χ2n) is 4.96. The van der Waals surface area contributed by atoms with Crippen molar-refractivity contribution in [3.8, 4) is 0 Å². The molecule has 1 fully saturated rings. The van der Waals surface area contributed by atoms with Crippen LogP contribution in [0.2, 0.25) is 4.34 Å². The topological polar surface area (TPSA) is 54.3 Å². The lowest BCUT2D eigenvalue weighted by Crippen LogP contribution is -2.49. The van der Waals surface area contributed by atoms with Gasteiger partial charge < -0.3 is 4.90 Å². The van der Waals surface area contributed by atoms with Gasteiger partial charge in [-0.05, 0) is 12.1 Å². The third-order valence-electron chi connectivity index (χ3n) is 3.50. The predicted molar refractivity (Wildman–Crippen MR) is 81.2 cm³/mol. The third-order valence-corrected chi connectivity index (χ3v) is 4.71. The first-order valence-electron chi connectivity index (χ1n) is 6.77. The number of carbonyl (C=O) groups is 1. The van der Waals surface area contributed by atoms with Gasteiger partial charge in [-0.3, -0.25) is 9.69 Å². The van der Waals surface area contributed by atoms with Crippen molar-refractivity contribution in [3.05, 3.63) is 34.0 Å². The zero-order valence-electron chi connectivity index (χ0n) is 11.5. The van der Waals surface area contributed by atoms with Crippen LogP contribution in [0.3, 0.4) is 0 Å². The number of piperazine rings is 1. The van der Waals surface area contributed by atoms with Gasteiger partial charge in [-0.25, -0.2) is 9.67 Å². The van der Waals surface area contributed by atoms with E-state index >= 15 is 0 Å². The van der Waals surface area contributed by atoms with Crippen LogP contribution >= 0.6 is 22.9 Å². The van der Waals surface area contributed by atoms with Gasteiger partial charge in [-0.15, -0.1) is 11.3 Å². The zero-order chi connectivity index (χ0) is 14.7. The van der Waals surface area contributed by atoms with E-state index in [1.807, 2.05) is 11.0 Å². The fraction of sp³-hybridized carbons (Fsp3) is 0.462. The van der Waals surface area contributed by atoms with Crippen molar-refractivity contribution in [2.45, 2.75) is 13.1 Å². The van der Waals surface area contributed by atoms with E-state index in [9.17, 15) is 4.79 Å². The molecule has 0 aromatic carbocycles. The first-order valence-corrected chi connectivity index (χ1v) is 7.97. The summed E-state index contributed by atoms with van der Waals surface area (Å²) >= 11 is 7.56. The van der Waals surface area contributed by atoms with E-state index in [-0.39, 0.29) is 12.5 Å². The highest BCUT2D eigenvalue weighted by atomic mass is 35.5. The summed E-state index contributed by atoms with van der Waals surface area (Å²) in [7, 11) is 0. The van der Waals surface area contributed by atoms with Crippen molar-refractivity contribution < 1.29 is 4.79 Å². The number of hydrogen-bond acceptors (Lipinski definition) is 5. The van der Waals surface area contributed by atoms with Crippen molar-refractivity contribution in [3.63, 3.8) is 0 Å². The van der Waals surface area contributed by atoms with Crippen LogP contribution in [0.1, 0.15) is 4.88 Å². The van der Waals surface area contributed by atoms with Crippen LogP contribution in [-0.4, -0.2) is 56.7 Å². The van der Waals surface area contributed by atoms with Crippen LogP contribution in [0.4, 0.5) is 0 Å². The number of rotatable bonds is 4. The molecule has 0 aliphatic carbocycles. The summed E-state index contributed by atoms with van der Waals surface area (Å²) in [6.45, 7) is 4.46. The van der Waals surface area contributed by atoms with E-state index in [0.29, 0.717) is 0 Å². The average Bonchev–Trinajstić information content (AvgIpc) is 3.12. The van der Waals surface area contributed by atoms with Crippen molar-refractivity contribution in [1.29, 1.82) is 0 Å². The SMILES string of the molecule is O=C(Cn1cncn1)N1CCN(Cc2ccc(Cl)s2)CC1. The molecule has 3 heterocycles. The normalized spacial score (nSPS) is 16.3. The lowest BCUT2D eigenvalue weighted by Gasteiger charge is -2.34. The molecule has 21 heavy (non-hydrogen) atoms. The first-order chi connectivity index (χ1) is 10.2. The fourth-order valence-electron chi connectivity index (χ4n) is 2.37. The fourth-order valence-corrected chi connectivity index (χ4v) is 3.50. The van der Waals surface area contributed by atoms with Gasteiger partial charge in [0, 0.05) is 37.6 Å². The summed E-state index contributed by atoms with van der Waals surface area (Å²) in [5.41, 5.74) is 0. The summed E-state index contributed by atoms with van der Waals surface area (Å²) in [6, 6.07) is 3.99. The second kappa shape index (κ2) is 6.55. The number of carbonyl (C=O) groups excluding carboxylic acids is 1. The van der Waals surface area contributed by atoms with E-state index in [4.69, 9.17) is 11.6 Å². The molecule has 1 aliphatic heterocycles. The molecule has 1 aliphatic rings. The lowest BCUT2D eigenvalue weighted by molar-refractivity contribution is -0.133. The number of amides is 1. The lowest BCUT2D eigenvalue weighted by atomic mass is 10.3. The molecule has 0 spiro atoms. The monoisotopic (exact) mass is 325 g/mol. The van der Waals surface area contributed by atoms with Gasteiger partial charge >= 0.3 is 0 Å². The minimum absolute atomic E-state index is 0.0966. The van der Waals surface area contributed by atoms with E-state index in [1.54, 1.807) is 22.3 Å². The molecule has 1 amide bonds. The quantitative estimate of drug-likeness (QED) is 0.851. The van der Waals surface area contributed by atoms with E-state index < -0.39 is 0 Å². The summed E-state index contributed by atoms with van der Waals surface area (Å²) in [4.78, 5) is 21.5. The van der Waals surface area contributed by atoms with E-state index in [1.165, 1.54) is 11.2 Å². The molecule has 0 N–H and O–H groups in total. The summed E-state index contributed by atoms with van der Waals surface area (Å²) in [6.07, 6.45) is 3.01. The smallest absolute Gasteiger partial charge is 0.244 e. The van der Waals surface area contributed by atoms with Gasteiger partial charge in [-0.2, -0.15) is 5.10 Å². The zero-order valence-corrected chi connectivity index (χ0v) is 13.1. The first kappa shape index (κ1) is 14.5. The minimum Gasteiger partial charge on any atom is -0.339 e. The molecule has 0 bridgehead atoms. The number of thiophene rings is 1. The largest absolute Gasteiger partial charge is 0.339 e. The Balaban J connectivity index is 1.47. The Hall–Kier alpha value is -1.44. The maximum atomic E-state index is 12.1. The van der Waals surface area contributed by atoms with Crippen LogP contribution in [0.15, 0.2) is 24.8 Å². The molecule has 0 radical (unpaired) electrons. The highest BCUT2D eigenvalue weighted by Crippen LogP contribution is 2.23. The highest BCUT2D eigenvalue weighted by Gasteiger charge is 2.21. The molecule has 0 unspecified atom stereocenters. The van der Waals surface area contributed by atoms with Crippen LogP contribution in [-0.2, 0) is 17.9 Å². The van der Waals surface area contributed by atoms with Gasteiger partial charge in [0.1, 0.15) is 19.2 Å². The molecule has 2 aromatic heterocycles. The van der Waals surface area contributed by atoms with Crippen molar-refractivity contribution in [2.24, 2.45) is 0 Å². The van der Waals surface area contributed by atoms with Gasteiger partial charge in [0.25, 0.3) is 0 Å². The molecule has 8 heteroatoms. The minimum atomic E-state index is 0.0966. The molecule has 112 valence electrons. The Labute approximate surface area is 131 Å². The van der Waals surface area contributed by atoms with Crippen LogP contribution in [0, 0.1) is 0 Å². The standard InChI is InChI=1S/C13H16ClN5OS/c14-12-2-1-11(21-12)7-17-3-5-18(6-4-17)13(20)8-19-10-15-9-16-19/h1-2,9-10H,3-8H2. The van der Waals surface area contributed by atoms with Crippen LogP contribution < -0.4 is 0 Å².